The van der Waals surface area contributed by atoms with E-state index in [9.17, 15) is 0 Å². The molecule has 1 aromatic heterocycles. The fourth-order valence-corrected chi connectivity index (χ4v) is 1.57. The van der Waals surface area contributed by atoms with Crippen LogP contribution in [-0.2, 0) is 11.2 Å². The summed E-state index contributed by atoms with van der Waals surface area (Å²) in [6, 6.07) is 7.98. The van der Waals surface area contributed by atoms with E-state index in [4.69, 9.17) is 20.9 Å². The Balaban J connectivity index is 1.91. The number of halogens is 1. The van der Waals surface area contributed by atoms with Gasteiger partial charge in [-0.25, -0.2) is 0 Å². The molecule has 0 saturated carbocycles. The smallest absolute Gasteiger partial charge is 0.321 e. The fourth-order valence-electron chi connectivity index (χ4n) is 1.44. The van der Waals surface area contributed by atoms with Gasteiger partial charge in [0.05, 0.1) is 6.61 Å². The lowest BCUT2D eigenvalue weighted by atomic mass is 10.1. The highest BCUT2D eigenvalue weighted by molar-refractivity contribution is 6.30. The van der Waals surface area contributed by atoms with Gasteiger partial charge in [-0.2, -0.15) is 4.98 Å². The number of benzene rings is 1. The molecule has 0 bridgehead atoms. The predicted octanol–water partition coefficient (Wildman–Crippen LogP) is 2.37. The lowest BCUT2D eigenvalue weighted by Gasteiger charge is -1.98. The van der Waals surface area contributed by atoms with Crippen molar-refractivity contribution in [2.24, 2.45) is 0 Å². The number of nitrogens with zero attached hydrogens (tertiary/aromatic N) is 2. The summed E-state index contributed by atoms with van der Waals surface area (Å²) < 4.78 is 9.97. The summed E-state index contributed by atoms with van der Waals surface area (Å²) in [6.07, 6.45) is 0.618. The Morgan fingerprint density at radius 1 is 1.33 bits per heavy atom. The SMILES string of the molecule is COCCNc1nc(Cc2ccc(Cl)cc2)no1. The van der Waals surface area contributed by atoms with Crippen molar-refractivity contribution in [1.29, 1.82) is 0 Å². The molecule has 0 aliphatic carbocycles. The second-order valence-corrected chi connectivity index (χ2v) is 4.18. The van der Waals surface area contributed by atoms with E-state index in [0.29, 0.717) is 36.4 Å². The molecule has 0 aliphatic heterocycles. The van der Waals surface area contributed by atoms with Gasteiger partial charge in [-0.3, -0.25) is 0 Å². The molecule has 0 unspecified atom stereocenters. The zero-order valence-electron chi connectivity index (χ0n) is 10.0. The molecule has 1 aromatic carbocycles. The zero-order valence-corrected chi connectivity index (χ0v) is 10.8. The number of aromatic nitrogens is 2. The Labute approximate surface area is 110 Å². The van der Waals surface area contributed by atoms with E-state index >= 15 is 0 Å². The average molecular weight is 268 g/mol. The standard InChI is InChI=1S/C12H14ClN3O2/c1-17-7-6-14-12-15-11(16-18-12)8-9-2-4-10(13)5-3-9/h2-5H,6-8H2,1H3,(H,14,15,16). The first kappa shape index (κ1) is 12.9. The van der Waals surface area contributed by atoms with Crippen LogP contribution >= 0.6 is 11.6 Å². The first-order chi connectivity index (χ1) is 8.78. The Bertz CT molecular complexity index is 484. The summed E-state index contributed by atoms with van der Waals surface area (Å²) in [7, 11) is 1.64. The van der Waals surface area contributed by atoms with Gasteiger partial charge in [0.25, 0.3) is 0 Å². The summed E-state index contributed by atoms with van der Waals surface area (Å²) >= 11 is 5.82. The maximum Gasteiger partial charge on any atom is 0.321 e. The highest BCUT2D eigenvalue weighted by atomic mass is 35.5. The lowest BCUT2D eigenvalue weighted by Crippen LogP contribution is -2.07. The Morgan fingerprint density at radius 2 is 2.11 bits per heavy atom. The Kier molecular flexibility index (Phi) is 4.55. The molecule has 0 aliphatic rings. The molecule has 96 valence electrons. The minimum Gasteiger partial charge on any atom is -0.383 e. The molecule has 0 fully saturated rings. The molecule has 2 rings (SSSR count). The summed E-state index contributed by atoms with van der Waals surface area (Å²) in [5, 5.41) is 7.58. The van der Waals surface area contributed by atoms with Crippen LogP contribution in [0.5, 0.6) is 0 Å². The van der Waals surface area contributed by atoms with Crippen LogP contribution in [0.15, 0.2) is 28.8 Å². The van der Waals surface area contributed by atoms with Gasteiger partial charge in [-0.15, -0.1) is 0 Å². The predicted molar refractivity (Wildman–Crippen MR) is 68.9 cm³/mol. The van der Waals surface area contributed by atoms with Crippen LogP contribution in [0.25, 0.3) is 0 Å². The number of nitrogens with one attached hydrogen (secondary N) is 1. The van der Waals surface area contributed by atoms with Crippen LogP contribution in [0.3, 0.4) is 0 Å². The fraction of sp³-hybridized carbons (Fsp3) is 0.333. The quantitative estimate of drug-likeness (QED) is 0.814. The number of anilines is 1. The normalized spacial score (nSPS) is 10.6. The van der Waals surface area contributed by atoms with Gasteiger partial charge in [0.2, 0.25) is 0 Å². The maximum absolute atomic E-state index is 5.82. The van der Waals surface area contributed by atoms with E-state index in [1.807, 2.05) is 24.3 Å². The summed E-state index contributed by atoms with van der Waals surface area (Å²) in [6.45, 7) is 1.23. The molecule has 0 radical (unpaired) electrons. The molecule has 1 N–H and O–H groups in total. The van der Waals surface area contributed by atoms with E-state index in [1.165, 1.54) is 0 Å². The topological polar surface area (TPSA) is 60.2 Å². The second kappa shape index (κ2) is 6.37. The van der Waals surface area contributed by atoms with Crippen molar-refractivity contribution >= 4 is 17.6 Å². The third-order valence-electron chi connectivity index (χ3n) is 2.33. The van der Waals surface area contributed by atoms with Crippen molar-refractivity contribution in [1.82, 2.24) is 10.1 Å². The number of hydrogen-bond acceptors (Lipinski definition) is 5. The lowest BCUT2D eigenvalue weighted by molar-refractivity contribution is 0.210. The van der Waals surface area contributed by atoms with Crippen molar-refractivity contribution in [3.8, 4) is 0 Å². The monoisotopic (exact) mass is 267 g/mol. The molecule has 0 atom stereocenters. The molecule has 2 aromatic rings. The van der Waals surface area contributed by atoms with Crippen LogP contribution in [0.1, 0.15) is 11.4 Å². The Hall–Kier alpha value is -1.59. The van der Waals surface area contributed by atoms with Crippen molar-refractivity contribution in [3.63, 3.8) is 0 Å². The first-order valence-electron chi connectivity index (χ1n) is 5.58. The minimum atomic E-state index is 0.413. The van der Waals surface area contributed by atoms with Gasteiger partial charge in [-0.1, -0.05) is 28.9 Å². The van der Waals surface area contributed by atoms with E-state index in [0.717, 1.165) is 5.56 Å². The zero-order chi connectivity index (χ0) is 12.8. The third kappa shape index (κ3) is 3.72. The third-order valence-corrected chi connectivity index (χ3v) is 2.58. The number of rotatable bonds is 6. The highest BCUT2D eigenvalue weighted by Crippen LogP contribution is 2.13. The van der Waals surface area contributed by atoms with Crippen LogP contribution in [0.4, 0.5) is 6.01 Å². The van der Waals surface area contributed by atoms with Crippen molar-refractivity contribution in [3.05, 3.63) is 40.7 Å². The van der Waals surface area contributed by atoms with Crippen LogP contribution < -0.4 is 5.32 Å². The largest absolute Gasteiger partial charge is 0.383 e. The van der Waals surface area contributed by atoms with Crippen LogP contribution in [0.2, 0.25) is 5.02 Å². The van der Waals surface area contributed by atoms with Gasteiger partial charge >= 0.3 is 6.01 Å². The van der Waals surface area contributed by atoms with Crippen LogP contribution in [0, 0.1) is 0 Å². The molecule has 0 saturated heterocycles. The van der Waals surface area contributed by atoms with Crippen molar-refractivity contribution < 1.29 is 9.26 Å². The van der Waals surface area contributed by atoms with Crippen molar-refractivity contribution in [2.45, 2.75) is 6.42 Å². The van der Waals surface area contributed by atoms with Gasteiger partial charge in [-0.05, 0) is 17.7 Å². The molecule has 18 heavy (non-hydrogen) atoms. The molecule has 1 heterocycles. The molecule has 5 nitrogen and oxygen atoms in total. The van der Waals surface area contributed by atoms with E-state index in [2.05, 4.69) is 15.5 Å². The van der Waals surface area contributed by atoms with Gasteiger partial charge in [0.15, 0.2) is 5.82 Å². The minimum absolute atomic E-state index is 0.413. The number of methoxy groups -OCH3 is 1. The van der Waals surface area contributed by atoms with Gasteiger partial charge in [0.1, 0.15) is 0 Å². The summed E-state index contributed by atoms with van der Waals surface area (Å²) in [5.74, 6) is 0.636. The summed E-state index contributed by atoms with van der Waals surface area (Å²) in [4.78, 5) is 4.22. The number of ether oxygens (including phenoxy) is 1. The molecule has 0 amide bonds. The van der Waals surface area contributed by atoms with E-state index in [-0.39, 0.29) is 0 Å². The molecule has 0 spiro atoms. The average Bonchev–Trinajstić information content (AvgIpc) is 2.80. The second-order valence-electron chi connectivity index (χ2n) is 3.74. The Morgan fingerprint density at radius 3 is 2.83 bits per heavy atom. The van der Waals surface area contributed by atoms with E-state index in [1.54, 1.807) is 7.11 Å². The first-order valence-corrected chi connectivity index (χ1v) is 5.95. The molecular weight excluding hydrogens is 254 g/mol. The maximum atomic E-state index is 5.82. The van der Waals surface area contributed by atoms with Gasteiger partial charge in [0, 0.05) is 25.1 Å². The van der Waals surface area contributed by atoms with E-state index < -0.39 is 0 Å². The highest BCUT2D eigenvalue weighted by Gasteiger charge is 2.06. The van der Waals surface area contributed by atoms with Gasteiger partial charge < -0.3 is 14.6 Å². The molecular formula is C12H14ClN3O2. The molecule has 6 heteroatoms. The van der Waals surface area contributed by atoms with Crippen LogP contribution in [-0.4, -0.2) is 30.4 Å². The summed E-state index contributed by atoms with van der Waals surface area (Å²) in [5.41, 5.74) is 1.09. The number of hydrogen-bond donors (Lipinski definition) is 1. The van der Waals surface area contributed by atoms with Crippen molar-refractivity contribution in [2.75, 3.05) is 25.6 Å².